The minimum Gasteiger partial charge on any atom is -0.491 e. The Morgan fingerprint density at radius 3 is 2.51 bits per heavy atom. The van der Waals surface area contributed by atoms with E-state index in [1.165, 1.54) is 23.8 Å². The highest BCUT2D eigenvalue weighted by molar-refractivity contribution is 7.90. The lowest BCUT2D eigenvalue weighted by Gasteiger charge is -2.58. The highest BCUT2D eigenvalue weighted by Crippen LogP contribution is 2.54. The SMILES string of the molecule is CC(C)Oc1ccccc1[C@@H]1CN(Cc2ccc(F)cc2)CCN1C1CC2(CCN(c3ccc(C(=O)NS(=O)(=O)c4cc5c(c([N+](=O)[O-])c4)N[C@H](C4CCOCC4)CO5)c(N4c5cc6cc[nH]c6nc5O[C@H]5COCC[C@@H]54)c3)CC2)C1. The third-order valence-corrected chi connectivity index (χ3v) is 19.2. The Morgan fingerprint density at radius 1 is 0.926 bits per heavy atom. The van der Waals surface area contributed by atoms with Gasteiger partial charge in [0, 0.05) is 100 Å². The number of nitrogens with zero attached hydrogens (tertiary/aromatic N) is 6. The van der Waals surface area contributed by atoms with Crippen molar-refractivity contribution in [2.75, 3.05) is 80.9 Å². The van der Waals surface area contributed by atoms with Gasteiger partial charge >= 0.3 is 0 Å². The lowest BCUT2D eigenvalue weighted by atomic mass is 9.59. The fourth-order valence-corrected chi connectivity index (χ4v) is 14.7. The van der Waals surface area contributed by atoms with Crippen molar-refractivity contribution in [1.82, 2.24) is 24.5 Å². The van der Waals surface area contributed by atoms with E-state index in [2.05, 4.69) is 66.7 Å². The Hall–Kier alpha value is -7.04. The maximum atomic E-state index is 14.9. The largest absolute Gasteiger partial charge is 0.491 e. The Labute approximate surface area is 470 Å². The van der Waals surface area contributed by atoms with Gasteiger partial charge in [-0.1, -0.05) is 30.3 Å². The van der Waals surface area contributed by atoms with E-state index in [9.17, 15) is 27.7 Å². The molecule has 21 heteroatoms. The number of pyridine rings is 1. The van der Waals surface area contributed by atoms with Crippen LogP contribution in [0.4, 0.5) is 32.8 Å². The fraction of sp³-hybridized carbons (Fsp3) is 0.467. The average Bonchev–Trinajstić information content (AvgIpc) is 4.05. The number of nitrogens with one attached hydrogen (secondary N) is 3. The first kappa shape index (κ1) is 53.3. The monoisotopic (exact) mass is 1130 g/mol. The molecule has 19 nitrogen and oxygen atoms in total. The quantitative estimate of drug-likeness (QED) is 0.0728. The van der Waals surface area contributed by atoms with Crippen LogP contribution in [0.2, 0.25) is 0 Å². The standard InChI is InChI=1S/C60H68FN9O10S/c1-37(2)79-53-6-4-3-5-45(53)52-34-66(33-38-7-9-41(61)10-8-38)22-23-68(52)43-31-60(32-43)17-20-67(21-18-60)42-11-12-46(49(28-42)69-48-16-26-77-36-55(48)80-59-51(69)27-40-13-19-62-57(40)64-59)58(71)65-81(74,75)44-29-50(70(72)73)56-54(30-44)78-35-47(63-56)39-14-24-76-25-15-39/h3-13,19,27-30,37,39,43,47-48,52,55,63H,14-18,20-26,31-36H2,1-2H3,(H,62,64)(H,65,71)/t47-,48-,52-,55-/m0/s1. The van der Waals surface area contributed by atoms with Crippen LogP contribution in [0.15, 0.2) is 102 Å². The number of rotatable bonds is 13. The number of para-hydroxylation sites is 1. The zero-order valence-corrected chi connectivity index (χ0v) is 46.4. The zero-order chi connectivity index (χ0) is 55.6. The molecule has 426 valence electrons. The minimum atomic E-state index is -4.72. The summed E-state index contributed by atoms with van der Waals surface area (Å²) in [7, 11) is -4.72. The molecule has 1 aliphatic carbocycles. The van der Waals surface area contributed by atoms with Crippen molar-refractivity contribution in [3.63, 3.8) is 0 Å². The second kappa shape index (κ2) is 21.7. The number of carbonyl (C=O) groups excluding carboxylic acids is 1. The molecule has 0 radical (unpaired) electrons. The summed E-state index contributed by atoms with van der Waals surface area (Å²) >= 11 is 0. The van der Waals surface area contributed by atoms with Gasteiger partial charge in [0.15, 0.2) is 11.4 Å². The summed E-state index contributed by atoms with van der Waals surface area (Å²) in [5, 5.41) is 16.7. The predicted octanol–water partition coefficient (Wildman–Crippen LogP) is 9.11. The number of nitro groups is 1. The van der Waals surface area contributed by atoms with Crippen LogP contribution in [0.5, 0.6) is 17.4 Å². The summed E-state index contributed by atoms with van der Waals surface area (Å²) in [5.74, 6) is 0.293. The highest BCUT2D eigenvalue weighted by Gasteiger charge is 2.51. The minimum absolute atomic E-state index is 0.0187. The number of ether oxygens (including phenoxy) is 5. The Morgan fingerprint density at radius 2 is 1.72 bits per heavy atom. The van der Waals surface area contributed by atoms with E-state index in [-0.39, 0.29) is 71.6 Å². The lowest BCUT2D eigenvalue weighted by molar-refractivity contribution is -0.384. The molecule has 1 spiro atoms. The number of anilines is 4. The second-order valence-corrected chi connectivity index (χ2v) is 25.0. The molecule has 13 rings (SSSR count). The lowest BCUT2D eigenvalue weighted by Crippen LogP contribution is -2.59. The van der Waals surface area contributed by atoms with Crippen LogP contribution in [-0.2, 0) is 26.0 Å². The number of carbonyl (C=O) groups is 1. The number of benzene rings is 4. The van der Waals surface area contributed by atoms with E-state index in [1.807, 2.05) is 42.5 Å². The number of fused-ring (bicyclic) bond motifs is 4. The van der Waals surface area contributed by atoms with Crippen LogP contribution in [0, 0.1) is 27.3 Å². The van der Waals surface area contributed by atoms with Crippen LogP contribution < -0.4 is 34.0 Å². The number of hydrogen-bond donors (Lipinski definition) is 3. The molecule has 5 fully saturated rings. The number of H-pyrrole nitrogens is 1. The van der Waals surface area contributed by atoms with Gasteiger partial charge in [-0.2, -0.15) is 4.98 Å². The van der Waals surface area contributed by atoms with Gasteiger partial charge in [-0.05, 0) is 124 Å². The summed E-state index contributed by atoms with van der Waals surface area (Å²) in [4.78, 5) is 44.1. The molecule has 4 atom stereocenters. The molecule has 3 N–H and O–H groups in total. The van der Waals surface area contributed by atoms with Crippen LogP contribution in [0.3, 0.4) is 0 Å². The summed E-state index contributed by atoms with van der Waals surface area (Å²) in [6.07, 6.45) is 7.54. The van der Waals surface area contributed by atoms with Crippen molar-refractivity contribution >= 4 is 55.4 Å². The number of nitro benzene ring substituents is 1. The summed E-state index contributed by atoms with van der Waals surface area (Å²) in [6.45, 7) is 11.1. The molecule has 2 aromatic heterocycles. The summed E-state index contributed by atoms with van der Waals surface area (Å²) in [6, 6.07) is 26.9. The number of halogens is 1. The number of piperazine rings is 1. The second-order valence-electron chi connectivity index (χ2n) is 23.3. The van der Waals surface area contributed by atoms with Gasteiger partial charge in [-0.15, -0.1) is 0 Å². The molecule has 0 bridgehead atoms. The van der Waals surface area contributed by atoms with E-state index >= 15 is 0 Å². The van der Waals surface area contributed by atoms with E-state index in [0.29, 0.717) is 55.2 Å². The molecule has 0 unspecified atom stereocenters. The number of sulfonamides is 1. The van der Waals surface area contributed by atoms with Gasteiger partial charge in [-0.25, -0.2) is 17.5 Å². The first-order chi connectivity index (χ1) is 39.2. The molecular weight excluding hydrogens is 1060 g/mol. The van der Waals surface area contributed by atoms with Gasteiger partial charge in [0.2, 0.25) is 5.88 Å². The van der Waals surface area contributed by atoms with Crippen molar-refractivity contribution < 1.29 is 46.2 Å². The highest BCUT2D eigenvalue weighted by atomic mass is 32.2. The first-order valence-electron chi connectivity index (χ1n) is 28.5. The van der Waals surface area contributed by atoms with E-state index in [0.717, 1.165) is 106 Å². The van der Waals surface area contributed by atoms with E-state index in [1.54, 1.807) is 12.3 Å². The number of aromatic amines is 1. The molecule has 1 saturated carbocycles. The van der Waals surface area contributed by atoms with Crippen molar-refractivity contribution in [1.29, 1.82) is 0 Å². The summed E-state index contributed by atoms with van der Waals surface area (Å²) in [5.41, 5.74) is 4.76. The third-order valence-electron chi connectivity index (χ3n) is 17.9. The van der Waals surface area contributed by atoms with Crippen molar-refractivity contribution in [3.05, 3.63) is 130 Å². The molecule has 8 heterocycles. The molecule has 4 aromatic carbocycles. The van der Waals surface area contributed by atoms with Crippen LogP contribution in [-0.4, -0.2) is 135 Å². The zero-order valence-electron chi connectivity index (χ0n) is 45.6. The maximum absolute atomic E-state index is 14.9. The maximum Gasteiger partial charge on any atom is 0.297 e. The number of piperidine rings is 1. The smallest absolute Gasteiger partial charge is 0.297 e. The molecular formula is C60H68FN9O10S. The topological polar surface area (TPSA) is 206 Å². The summed E-state index contributed by atoms with van der Waals surface area (Å²) < 4.78 is 75.6. The van der Waals surface area contributed by atoms with Gasteiger partial charge in [0.05, 0.1) is 51.9 Å². The van der Waals surface area contributed by atoms with Crippen molar-refractivity contribution in [2.45, 2.75) is 107 Å². The number of amides is 1. The van der Waals surface area contributed by atoms with E-state index in [4.69, 9.17) is 28.7 Å². The van der Waals surface area contributed by atoms with Gasteiger partial charge in [-0.3, -0.25) is 24.7 Å². The molecule has 6 aromatic rings. The molecule has 6 aliphatic heterocycles. The van der Waals surface area contributed by atoms with E-state index < -0.39 is 37.5 Å². The fourth-order valence-electron chi connectivity index (χ4n) is 13.7. The normalized spacial score (nSPS) is 23.4. The first-order valence-corrected chi connectivity index (χ1v) is 30.0. The number of hydrogen-bond acceptors (Lipinski definition) is 16. The van der Waals surface area contributed by atoms with Crippen LogP contribution in [0.1, 0.15) is 86.3 Å². The molecule has 1 amide bonds. The van der Waals surface area contributed by atoms with Gasteiger partial charge in [0.1, 0.15) is 35.6 Å². The number of aromatic nitrogens is 2. The Bertz CT molecular complexity index is 3450. The average molecular weight is 1130 g/mol. The molecule has 7 aliphatic rings. The van der Waals surface area contributed by atoms with Crippen LogP contribution in [0.25, 0.3) is 11.0 Å². The Kier molecular flexibility index (Phi) is 14.3. The molecule has 81 heavy (non-hydrogen) atoms. The molecule has 4 saturated heterocycles. The van der Waals surface area contributed by atoms with Crippen molar-refractivity contribution in [3.8, 4) is 17.4 Å². The van der Waals surface area contributed by atoms with Crippen LogP contribution >= 0.6 is 0 Å². The predicted molar refractivity (Wildman–Crippen MR) is 303 cm³/mol. The third kappa shape index (κ3) is 10.5. The van der Waals surface area contributed by atoms with Gasteiger partial charge < -0.3 is 43.8 Å². The van der Waals surface area contributed by atoms with Crippen molar-refractivity contribution in [2.24, 2.45) is 11.3 Å². The van der Waals surface area contributed by atoms with Gasteiger partial charge in [0.25, 0.3) is 21.6 Å². The Balaban J connectivity index is 0.775.